The first-order chi connectivity index (χ1) is 18.4. The highest BCUT2D eigenvalue weighted by atomic mass is 16.2. The van der Waals surface area contributed by atoms with E-state index in [1.807, 2.05) is 0 Å². The van der Waals surface area contributed by atoms with Crippen LogP contribution in [0.25, 0.3) is 0 Å². The first-order valence-electron chi connectivity index (χ1n) is 14.2. The molecule has 9 heteroatoms. The highest BCUT2D eigenvalue weighted by Crippen LogP contribution is 2.32. The molecule has 1 aromatic carbocycles. The minimum absolute atomic E-state index is 0.0675. The number of piperazine rings is 1. The zero-order valence-electron chi connectivity index (χ0n) is 22.9. The van der Waals surface area contributed by atoms with Crippen molar-refractivity contribution >= 4 is 35.5 Å². The van der Waals surface area contributed by atoms with Gasteiger partial charge >= 0.3 is 0 Å². The van der Waals surface area contributed by atoms with Crippen molar-refractivity contribution in [1.29, 1.82) is 0 Å². The molecule has 2 aliphatic heterocycles. The maximum absolute atomic E-state index is 12.3. The minimum Gasteiger partial charge on any atom is -0.369 e. The van der Waals surface area contributed by atoms with Gasteiger partial charge in [0.2, 0.25) is 18.3 Å². The Bertz CT molecular complexity index is 1140. The van der Waals surface area contributed by atoms with Crippen molar-refractivity contribution in [3.05, 3.63) is 35.5 Å². The van der Waals surface area contributed by atoms with Crippen LogP contribution in [0.5, 0.6) is 0 Å². The van der Waals surface area contributed by atoms with E-state index in [0.29, 0.717) is 30.8 Å². The van der Waals surface area contributed by atoms with E-state index >= 15 is 0 Å². The number of hydrogen-bond donors (Lipinski definition) is 2. The molecule has 204 valence electrons. The average Bonchev–Trinajstić information content (AvgIpc) is 3.58. The Morgan fingerprint density at radius 1 is 1.16 bits per heavy atom. The van der Waals surface area contributed by atoms with Gasteiger partial charge < -0.3 is 15.5 Å². The molecule has 2 saturated heterocycles. The van der Waals surface area contributed by atoms with Crippen LogP contribution in [0, 0.1) is 12.8 Å². The molecule has 38 heavy (non-hydrogen) atoms. The lowest BCUT2D eigenvalue weighted by molar-refractivity contribution is -0.122. The second-order valence-corrected chi connectivity index (χ2v) is 11.2. The summed E-state index contributed by atoms with van der Waals surface area (Å²) in [6.07, 6.45) is 8.20. The lowest BCUT2D eigenvalue weighted by Crippen LogP contribution is -2.49. The Labute approximate surface area is 226 Å². The Morgan fingerprint density at radius 2 is 1.92 bits per heavy atom. The van der Waals surface area contributed by atoms with Crippen molar-refractivity contribution in [2.75, 3.05) is 47.8 Å². The van der Waals surface area contributed by atoms with Crippen molar-refractivity contribution in [3.63, 3.8) is 0 Å². The number of anilines is 4. The molecular weight excluding hydrogens is 478 g/mol. The molecule has 3 aliphatic rings. The average molecular weight is 520 g/mol. The van der Waals surface area contributed by atoms with E-state index in [4.69, 9.17) is 4.98 Å². The molecule has 2 amide bonds. The molecule has 0 spiro atoms. The van der Waals surface area contributed by atoms with Crippen LogP contribution in [0.2, 0.25) is 0 Å². The van der Waals surface area contributed by atoms with Crippen molar-refractivity contribution in [2.45, 2.75) is 71.4 Å². The highest BCUT2D eigenvalue weighted by Gasteiger charge is 2.30. The number of aryl methyl sites for hydroxylation is 1. The molecule has 9 nitrogen and oxygen atoms in total. The molecular formula is C29H41N7O2. The number of hydrogen-bond acceptors (Lipinski definition) is 7. The van der Waals surface area contributed by atoms with Crippen LogP contribution in [-0.2, 0) is 16.0 Å². The Kier molecular flexibility index (Phi) is 8.12. The first kappa shape index (κ1) is 26.4. The lowest BCUT2D eigenvalue weighted by atomic mass is 9.99. The first-order valence-corrected chi connectivity index (χ1v) is 14.2. The molecule has 0 unspecified atom stereocenters. The number of carbonyl (C=O) groups excluding carboxylic acids is 2. The standard InChI is InChI=1S/C29H41N7O2/c1-20(2)34-12-14-35(15-13-34)26-9-8-24(16-21(26)3)32-29-31-18-23(17-22-10-11-30-28(22)38)27(33-29)36(19-37)25-6-4-5-7-25/h8-9,16,18-20,22,25H,4-7,10-15,17H2,1-3H3,(H,30,38)(H,31,32,33)/t22-/m0/s1. The fourth-order valence-electron chi connectivity index (χ4n) is 6.12. The van der Waals surface area contributed by atoms with E-state index in [0.717, 1.165) is 75.9 Å². The molecule has 3 heterocycles. The number of amides is 2. The molecule has 3 fully saturated rings. The van der Waals surface area contributed by atoms with E-state index in [1.165, 1.54) is 11.3 Å². The van der Waals surface area contributed by atoms with Gasteiger partial charge in [0, 0.05) is 73.9 Å². The maximum atomic E-state index is 12.3. The normalized spacial score (nSPS) is 20.7. The number of nitrogens with zero attached hydrogens (tertiary/aromatic N) is 5. The number of rotatable bonds is 9. The summed E-state index contributed by atoms with van der Waals surface area (Å²) in [7, 11) is 0. The topological polar surface area (TPSA) is 93.7 Å². The quantitative estimate of drug-likeness (QED) is 0.489. The summed E-state index contributed by atoms with van der Waals surface area (Å²) in [5, 5.41) is 6.28. The Hall–Kier alpha value is -3.20. The summed E-state index contributed by atoms with van der Waals surface area (Å²) in [4.78, 5) is 40.7. The van der Waals surface area contributed by atoms with Crippen molar-refractivity contribution in [1.82, 2.24) is 20.2 Å². The predicted octanol–water partition coefficient (Wildman–Crippen LogP) is 3.64. The van der Waals surface area contributed by atoms with E-state index in [-0.39, 0.29) is 17.9 Å². The van der Waals surface area contributed by atoms with Gasteiger partial charge in [0.1, 0.15) is 5.82 Å². The zero-order chi connectivity index (χ0) is 26.6. The minimum atomic E-state index is -0.106. The van der Waals surface area contributed by atoms with Crippen LogP contribution in [0.15, 0.2) is 24.4 Å². The van der Waals surface area contributed by atoms with Gasteiger partial charge in [-0.1, -0.05) is 12.8 Å². The third kappa shape index (κ3) is 5.77. The van der Waals surface area contributed by atoms with Gasteiger partial charge in [0.25, 0.3) is 0 Å². The summed E-state index contributed by atoms with van der Waals surface area (Å²) >= 11 is 0. The van der Waals surface area contributed by atoms with E-state index in [1.54, 1.807) is 11.1 Å². The monoisotopic (exact) mass is 519 g/mol. The third-order valence-electron chi connectivity index (χ3n) is 8.39. The Balaban J connectivity index is 1.35. The summed E-state index contributed by atoms with van der Waals surface area (Å²) in [6, 6.07) is 7.11. The lowest BCUT2D eigenvalue weighted by Gasteiger charge is -2.38. The molecule has 5 rings (SSSR count). The van der Waals surface area contributed by atoms with Gasteiger partial charge in [-0.3, -0.25) is 19.4 Å². The fourth-order valence-corrected chi connectivity index (χ4v) is 6.12. The summed E-state index contributed by atoms with van der Waals surface area (Å²) in [6.45, 7) is 11.6. The largest absolute Gasteiger partial charge is 0.369 e. The van der Waals surface area contributed by atoms with E-state index < -0.39 is 0 Å². The number of carbonyl (C=O) groups is 2. The number of nitrogens with one attached hydrogen (secondary N) is 2. The number of benzene rings is 1. The summed E-state index contributed by atoms with van der Waals surface area (Å²) in [5.74, 6) is 1.05. The van der Waals surface area contributed by atoms with Gasteiger partial charge in [-0.05, 0) is 70.2 Å². The molecule has 1 aromatic heterocycles. The molecule has 2 aromatic rings. The van der Waals surface area contributed by atoms with Crippen LogP contribution in [0.3, 0.4) is 0 Å². The van der Waals surface area contributed by atoms with Crippen molar-refractivity contribution in [3.8, 4) is 0 Å². The molecule has 1 atom stereocenters. The maximum Gasteiger partial charge on any atom is 0.229 e. The fraction of sp³-hybridized carbons (Fsp3) is 0.586. The molecule has 1 aliphatic carbocycles. The molecule has 2 N–H and O–H groups in total. The van der Waals surface area contributed by atoms with E-state index in [2.05, 4.69) is 64.4 Å². The van der Waals surface area contributed by atoms with Crippen LogP contribution in [0.4, 0.5) is 23.1 Å². The van der Waals surface area contributed by atoms with Crippen molar-refractivity contribution < 1.29 is 9.59 Å². The zero-order valence-corrected chi connectivity index (χ0v) is 22.9. The predicted molar refractivity (Wildman–Crippen MR) is 151 cm³/mol. The van der Waals surface area contributed by atoms with Gasteiger partial charge in [-0.25, -0.2) is 4.98 Å². The summed E-state index contributed by atoms with van der Waals surface area (Å²) in [5.41, 5.74) is 4.24. The SMILES string of the molecule is Cc1cc(Nc2ncc(C[C@@H]3CCNC3=O)c(N(C=O)C3CCCC3)n2)ccc1N1CCN(C(C)C)CC1. The Morgan fingerprint density at radius 3 is 2.55 bits per heavy atom. The van der Waals surface area contributed by atoms with E-state index in [9.17, 15) is 9.59 Å². The van der Waals surface area contributed by atoms with Crippen LogP contribution >= 0.6 is 0 Å². The van der Waals surface area contributed by atoms with Crippen LogP contribution in [0.1, 0.15) is 57.1 Å². The number of aromatic nitrogens is 2. The van der Waals surface area contributed by atoms with Gasteiger partial charge in [-0.15, -0.1) is 0 Å². The van der Waals surface area contributed by atoms with Crippen molar-refractivity contribution in [2.24, 2.45) is 5.92 Å². The molecule has 0 radical (unpaired) electrons. The highest BCUT2D eigenvalue weighted by molar-refractivity contribution is 5.82. The smallest absolute Gasteiger partial charge is 0.229 e. The van der Waals surface area contributed by atoms with Gasteiger partial charge in [-0.2, -0.15) is 4.98 Å². The van der Waals surface area contributed by atoms with Crippen LogP contribution in [-0.4, -0.2) is 72.0 Å². The van der Waals surface area contributed by atoms with Gasteiger partial charge in [0.15, 0.2) is 0 Å². The third-order valence-corrected chi connectivity index (χ3v) is 8.39. The molecule has 0 bridgehead atoms. The second kappa shape index (κ2) is 11.7. The molecule has 1 saturated carbocycles. The second-order valence-electron chi connectivity index (χ2n) is 11.2. The summed E-state index contributed by atoms with van der Waals surface area (Å²) < 4.78 is 0. The van der Waals surface area contributed by atoms with Crippen LogP contribution < -0.4 is 20.4 Å². The van der Waals surface area contributed by atoms with Gasteiger partial charge in [0.05, 0.1) is 0 Å².